The molecule has 6 N–H and O–H groups in total. The van der Waals surface area contributed by atoms with Crippen molar-refractivity contribution in [2.24, 2.45) is 11.6 Å². The number of aromatic hydroxyl groups is 2. The second-order valence-electron chi connectivity index (χ2n) is 2.74. The average molecular weight is 213 g/mol. The van der Waals surface area contributed by atoms with Crippen LogP contribution in [0.4, 0.5) is 0 Å². The fraction of sp³-hybridized carbons (Fsp3) is 0.125. The fourth-order valence-electron chi connectivity index (χ4n) is 0.973. The maximum absolute atomic E-state index is 9.40. The first-order valence-electron chi connectivity index (χ1n) is 3.84. The molecule has 1 aromatic rings. The van der Waals surface area contributed by atoms with Gasteiger partial charge in [0.1, 0.15) is 11.5 Å². The molecular weight excluding hydrogens is 202 g/mol. The molecule has 5 nitrogen and oxygen atoms in total. The largest absolute Gasteiger partial charge is 0.507 e. The van der Waals surface area contributed by atoms with Gasteiger partial charge in [-0.2, -0.15) is 0 Å². The lowest BCUT2D eigenvalue weighted by molar-refractivity contribution is 0.389. The van der Waals surface area contributed by atoms with E-state index >= 15 is 0 Å². The highest BCUT2D eigenvalue weighted by atomic mass is 32.1. The second-order valence-corrected chi connectivity index (χ2v) is 3.16. The van der Waals surface area contributed by atoms with Crippen molar-refractivity contribution in [1.82, 2.24) is 5.01 Å². The van der Waals surface area contributed by atoms with Crippen molar-refractivity contribution in [2.75, 3.05) is 0 Å². The van der Waals surface area contributed by atoms with Crippen molar-refractivity contribution >= 4 is 17.3 Å². The van der Waals surface area contributed by atoms with Crippen LogP contribution in [-0.4, -0.2) is 20.3 Å². The first-order chi connectivity index (χ1) is 6.52. The molecule has 0 bridgehead atoms. The summed E-state index contributed by atoms with van der Waals surface area (Å²) in [5.41, 5.74) is 5.55. The minimum Gasteiger partial charge on any atom is -0.507 e. The molecule has 6 heteroatoms. The molecule has 0 aliphatic heterocycles. The van der Waals surface area contributed by atoms with E-state index in [1.54, 1.807) is 0 Å². The van der Waals surface area contributed by atoms with E-state index in [1.807, 2.05) is 0 Å². The van der Waals surface area contributed by atoms with Crippen molar-refractivity contribution in [3.63, 3.8) is 0 Å². The van der Waals surface area contributed by atoms with Crippen LogP contribution in [0.3, 0.4) is 0 Å². The topological polar surface area (TPSA) is 95.7 Å². The van der Waals surface area contributed by atoms with Gasteiger partial charge in [-0.05, 0) is 24.4 Å². The molecule has 0 atom stereocenters. The zero-order chi connectivity index (χ0) is 10.7. The summed E-state index contributed by atoms with van der Waals surface area (Å²) in [6, 6.07) is 4.42. The Morgan fingerprint density at radius 3 is 2.29 bits per heavy atom. The third-order valence-corrected chi connectivity index (χ3v) is 1.97. The van der Waals surface area contributed by atoms with Crippen LogP contribution in [-0.2, 0) is 6.54 Å². The first-order valence-corrected chi connectivity index (χ1v) is 4.24. The Labute approximate surface area is 86.5 Å². The molecule has 0 saturated heterocycles. The van der Waals surface area contributed by atoms with Crippen LogP contribution in [0.1, 0.15) is 5.56 Å². The molecule has 0 heterocycles. The van der Waals surface area contributed by atoms with Crippen LogP contribution < -0.4 is 11.6 Å². The predicted molar refractivity (Wildman–Crippen MR) is 56.3 cm³/mol. The molecule has 0 radical (unpaired) electrons. The van der Waals surface area contributed by atoms with Gasteiger partial charge < -0.3 is 15.9 Å². The van der Waals surface area contributed by atoms with Gasteiger partial charge in [0.25, 0.3) is 0 Å². The van der Waals surface area contributed by atoms with Gasteiger partial charge in [-0.25, -0.2) is 5.84 Å². The van der Waals surface area contributed by atoms with E-state index in [1.165, 1.54) is 18.2 Å². The molecule has 0 unspecified atom stereocenters. The summed E-state index contributed by atoms with van der Waals surface area (Å²) in [6.45, 7) is 0.0633. The molecule has 0 aliphatic carbocycles. The summed E-state index contributed by atoms with van der Waals surface area (Å²) in [6.07, 6.45) is 0. The summed E-state index contributed by atoms with van der Waals surface area (Å²) in [7, 11) is 0. The normalized spacial score (nSPS) is 9.79. The number of nitrogens with zero attached hydrogens (tertiary/aromatic N) is 1. The Morgan fingerprint density at radius 2 is 1.86 bits per heavy atom. The SMILES string of the molecule is NC(=S)N(N)Cc1c(O)cccc1O. The Bertz CT molecular complexity index is 336. The Morgan fingerprint density at radius 1 is 1.36 bits per heavy atom. The average Bonchev–Trinajstić information content (AvgIpc) is 2.11. The molecule has 0 aliphatic rings. The number of hydrogen-bond donors (Lipinski definition) is 4. The van der Waals surface area contributed by atoms with E-state index in [0.717, 1.165) is 5.01 Å². The van der Waals surface area contributed by atoms with Crippen LogP contribution in [0.15, 0.2) is 18.2 Å². The second kappa shape index (κ2) is 4.12. The van der Waals surface area contributed by atoms with Crippen molar-refractivity contribution in [2.45, 2.75) is 6.54 Å². The fourth-order valence-corrected chi connectivity index (χ4v) is 1.04. The van der Waals surface area contributed by atoms with Crippen LogP contribution >= 0.6 is 12.2 Å². The minimum atomic E-state index is -0.0447. The van der Waals surface area contributed by atoms with E-state index in [0.29, 0.717) is 5.56 Å². The van der Waals surface area contributed by atoms with Gasteiger partial charge >= 0.3 is 0 Å². The third kappa shape index (κ3) is 2.24. The molecule has 0 spiro atoms. The maximum atomic E-state index is 9.40. The Hall–Kier alpha value is -1.53. The first kappa shape index (κ1) is 10.6. The molecule has 14 heavy (non-hydrogen) atoms. The number of phenolic OH excluding ortho intramolecular Hbond substituents is 2. The summed E-state index contributed by atoms with van der Waals surface area (Å²) in [4.78, 5) is 0. The maximum Gasteiger partial charge on any atom is 0.180 e. The molecule has 1 rings (SSSR count). The molecule has 0 fully saturated rings. The van der Waals surface area contributed by atoms with E-state index in [4.69, 9.17) is 11.6 Å². The molecule has 0 saturated carbocycles. The van der Waals surface area contributed by atoms with E-state index in [9.17, 15) is 10.2 Å². The standard InChI is InChI=1S/C8H11N3O2S/c9-8(14)11(10)4-5-6(12)2-1-3-7(5)13/h1-3,12-13H,4,10H2,(H2,9,14). The van der Waals surface area contributed by atoms with E-state index in [2.05, 4.69) is 12.2 Å². The zero-order valence-electron chi connectivity index (χ0n) is 7.34. The lowest BCUT2D eigenvalue weighted by Gasteiger charge is -2.17. The molecule has 76 valence electrons. The number of benzene rings is 1. The number of hydrogen-bond acceptors (Lipinski definition) is 4. The van der Waals surface area contributed by atoms with Crippen LogP contribution in [0.25, 0.3) is 0 Å². The third-order valence-electron chi connectivity index (χ3n) is 1.74. The van der Waals surface area contributed by atoms with Gasteiger partial charge in [-0.15, -0.1) is 0 Å². The Balaban J connectivity index is 2.91. The van der Waals surface area contributed by atoms with Gasteiger partial charge in [-0.3, -0.25) is 5.01 Å². The highest BCUT2D eigenvalue weighted by Gasteiger charge is 2.10. The highest BCUT2D eigenvalue weighted by molar-refractivity contribution is 7.80. The number of rotatable bonds is 2. The number of phenols is 2. The van der Waals surface area contributed by atoms with Crippen molar-refractivity contribution in [3.05, 3.63) is 23.8 Å². The monoisotopic (exact) mass is 213 g/mol. The minimum absolute atomic E-state index is 0.00680. The van der Waals surface area contributed by atoms with Gasteiger partial charge in [0.15, 0.2) is 5.11 Å². The van der Waals surface area contributed by atoms with Gasteiger partial charge in [0, 0.05) is 0 Å². The quantitative estimate of drug-likeness (QED) is 0.314. The van der Waals surface area contributed by atoms with Crippen molar-refractivity contribution < 1.29 is 10.2 Å². The van der Waals surface area contributed by atoms with Gasteiger partial charge in [0.05, 0.1) is 12.1 Å². The van der Waals surface area contributed by atoms with Gasteiger partial charge in [0.2, 0.25) is 0 Å². The van der Waals surface area contributed by atoms with Crippen LogP contribution in [0, 0.1) is 0 Å². The van der Waals surface area contributed by atoms with Crippen molar-refractivity contribution in [1.29, 1.82) is 0 Å². The van der Waals surface area contributed by atoms with E-state index in [-0.39, 0.29) is 23.2 Å². The molecule has 1 aromatic carbocycles. The van der Waals surface area contributed by atoms with E-state index < -0.39 is 0 Å². The summed E-state index contributed by atoms with van der Waals surface area (Å²) in [5.74, 6) is 5.34. The molecule has 0 aromatic heterocycles. The number of hydrazine groups is 1. The lowest BCUT2D eigenvalue weighted by atomic mass is 10.2. The summed E-state index contributed by atoms with van der Waals surface area (Å²) >= 11 is 4.62. The highest BCUT2D eigenvalue weighted by Crippen LogP contribution is 2.26. The smallest absolute Gasteiger partial charge is 0.180 e. The molecule has 0 amide bonds. The van der Waals surface area contributed by atoms with Crippen molar-refractivity contribution in [3.8, 4) is 11.5 Å². The number of nitrogens with two attached hydrogens (primary N) is 2. The van der Waals surface area contributed by atoms with Gasteiger partial charge in [-0.1, -0.05) is 6.07 Å². The van der Waals surface area contributed by atoms with Crippen LogP contribution in [0.5, 0.6) is 11.5 Å². The number of thiocarbonyl (C=S) groups is 1. The van der Waals surface area contributed by atoms with Crippen LogP contribution in [0.2, 0.25) is 0 Å². The molecular formula is C8H11N3O2S. The zero-order valence-corrected chi connectivity index (χ0v) is 8.16. The predicted octanol–water partition coefficient (Wildman–Crippen LogP) is 0.0171. The summed E-state index contributed by atoms with van der Waals surface area (Å²) < 4.78 is 0. The summed E-state index contributed by atoms with van der Waals surface area (Å²) in [5, 5.41) is 19.8. The Kier molecular flexibility index (Phi) is 3.10. The lowest BCUT2D eigenvalue weighted by Crippen LogP contribution is -2.40.